The second kappa shape index (κ2) is 7.42. The molecule has 3 rings (SSSR count). The van der Waals surface area contributed by atoms with Gasteiger partial charge >= 0.3 is 0 Å². The highest BCUT2D eigenvalue weighted by atomic mass is 35.5. The summed E-state index contributed by atoms with van der Waals surface area (Å²) in [5.41, 5.74) is 0.708. The fourth-order valence-corrected chi connectivity index (χ4v) is 3.20. The predicted molar refractivity (Wildman–Crippen MR) is 98.9 cm³/mol. The zero-order chi connectivity index (χ0) is 17.1. The molecule has 1 saturated heterocycles. The number of nitrogens with one attached hydrogen (secondary N) is 1. The number of rotatable bonds is 2. The van der Waals surface area contributed by atoms with E-state index in [1.807, 2.05) is 4.90 Å². The van der Waals surface area contributed by atoms with E-state index in [1.54, 1.807) is 35.2 Å². The van der Waals surface area contributed by atoms with Crippen molar-refractivity contribution in [2.45, 2.75) is 0 Å². The van der Waals surface area contributed by atoms with E-state index < -0.39 is 0 Å². The van der Waals surface area contributed by atoms with Crippen molar-refractivity contribution < 1.29 is 9.21 Å². The Labute approximate surface area is 155 Å². The van der Waals surface area contributed by atoms with Crippen molar-refractivity contribution in [1.82, 2.24) is 9.80 Å². The van der Waals surface area contributed by atoms with Crippen LogP contribution in [-0.2, 0) is 0 Å². The molecule has 2 aromatic rings. The summed E-state index contributed by atoms with van der Waals surface area (Å²) in [6, 6.07) is 8.57. The van der Waals surface area contributed by atoms with Crippen LogP contribution in [0, 0.1) is 0 Å². The number of hydrogen-bond donors (Lipinski definition) is 1. The third-order valence-electron chi connectivity index (χ3n) is 3.76. The Hall–Kier alpha value is -1.76. The Morgan fingerprint density at radius 2 is 1.83 bits per heavy atom. The fraction of sp³-hybridized carbons (Fsp3) is 0.250. The Morgan fingerprint density at radius 1 is 1.12 bits per heavy atom. The van der Waals surface area contributed by atoms with Crippen LogP contribution in [0.1, 0.15) is 10.6 Å². The van der Waals surface area contributed by atoms with Gasteiger partial charge in [0.05, 0.1) is 17.0 Å². The van der Waals surface area contributed by atoms with Gasteiger partial charge in [0.1, 0.15) is 0 Å². The molecule has 0 atom stereocenters. The average molecular weight is 384 g/mol. The number of halogens is 2. The van der Waals surface area contributed by atoms with Crippen molar-refractivity contribution in [2.75, 3.05) is 31.5 Å². The van der Waals surface area contributed by atoms with Crippen molar-refractivity contribution in [3.63, 3.8) is 0 Å². The molecule has 1 fully saturated rings. The summed E-state index contributed by atoms with van der Waals surface area (Å²) in [7, 11) is 0. The fourth-order valence-electron chi connectivity index (χ4n) is 2.45. The lowest BCUT2D eigenvalue weighted by molar-refractivity contribution is 0.0661. The van der Waals surface area contributed by atoms with Gasteiger partial charge in [0.15, 0.2) is 10.9 Å². The first-order valence-electron chi connectivity index (χ1n) is 7.38. The summed E-state index contributed by atoms with van der Waals surface area (Å²) >= 11 is 17.5. The number of hydrogen-bond acceptors (Lipinski definition) is 3. The maximum atomic E-state index is 12.2. The first-order valence-corrected chi connectivity index (χ1v) is 8.55. The SMILES string of the molecule is O=C(c1ccco1)N1CCN(C(=S)Nc2ccc(Cl)cc2Cl)CC1. The minimum Gasteiger partial charge on any atom is -0.459 e. The number of carbonyl (C=O) groups excluding carboxylic acids is 1. The molecule has 2 heterocycles. The number of piperazine rings is 1. The number of thiocarbonyl (C=S) groups is 1. The van der Waals surface area contributed by atoms with Crippen LogP contribution >= 0.6 is 35.4 Å². The van der Waals surface area contributed by atoms with Gasteiger partial charge in [-0.1, -0.05) is 23.2 Å². The van der Waals surface area contributed by atoms with Crippen LogP contribution < -0.4 is 5.32 Å². The highest BCUT2D eigenvalue weighted by Crippen LogP contribution is 2.25. The van der Waals surface area contributed by atoms with Gasteiger partial charge < -0.3 is 19.5 Å². The molecule has 0 saturated carbocycles. The van der Waals surface area contributed by atoms with Gasteiger partial charge in [-0.15, -0.1) is 0 Å². The van der Waals surface area contributed by atoms with Crippen LogP contribution in [0.3, 0.4) is 0 Å². The van der Waals surface area contributed by atoms with E-state index in [0.717, 1.165) is 0 Å². The van der Waals surface area contributed by atoms with Crippen molar-refractivity contribution in [3.05, 3.63) is 52.4 Å². The van der Waals surface area contributed by atoms with Crippen LogP contribution in [0.25, 0.3) is 0 Å². The standard InChI is InChI=1S/C16H15Cl2N3O2S/c17-11-3-4-13(12(18)10-11)19-16(24)21-7-5-20(6-8-21)15(22)14-2-1-9-23-14/h1-4,9-10H,5-8H2,(H,19,24). The van der Waals surface area contributed by atoms with Crippen molar-refractivity contribution >= 4 is 52.1 Å². The summed E-state index contributed by atoms with van der Waals surface area (Å²) in [6.45, 7) is 2.44. The van der Waals surface area contributed by atoms with Gasteiger partial charge in [-0.3, -0.25) is 4.79 Å². The number of anilines is 1. The molecule has 0 spiro atoms. The number of benzene rings is 1. The maximum Gasteiger partial charge on any atom is 0.289 e. The smallest absolute Gasteiger partial charge is 0.289 e. The summed E-state index contributed by atoms with van der Waals surface area (Å²) in [6.07, 6.45) is 1.50. The number of nitrogens with zero attached hydrogens (tertiary/aromatic N) is 2. The van der Waals surface area contributed by atoms with E-state index >= 15 is 0 Å². The van der Waals surface area contributed by atoms with Crippen molar-refractivity contribution in [1.29, 1.82) is 0 Å². The molecule has 0 aliphatic carbocycles. The first-order chi connectivity index (χ1) is 11.5. The second-order valence-corrected chi connectivity index (χ2v) is 6.54. The number of furan rings is 1. The number of carbonyl (C=O) groups is 1. The maximum absolute atomic E-state index is 12.2. The van der Waals surface area contributed by atoms with Crippen LogP contribution in [0.4, 0.5) is 5.69 Å². The molecule has 1 aliphatic rings. The average Bonchev–Trinajstić information content (AvgIpc) is 3.11. The molecule has 1 aromatic carbocycles. The molecule has 0 unspecified atom stereocenters. The Morgan fingerprint density at radius 3 is 2.46 bits per heavy atom. The minimum absolute atomic E-state index is 0.0979. The van der Waals surface area contributed by atoms with Crippen LogP contribution in [0.15, 0.2) is 41.0 Å². The van der Waals surface area contributed by atoms with E-state index in [9.17, 15) is 4.79 Å². The van der Waals surface area contributed by atoms with Gasteiger partial charge in [-0.05, 0) is 42.5 Å². The normalized spacial score (nSPS) is 14.6. The predicted octanol–water partition coefficient (Wildman–Crippen LogP) is 3.74. The second-order valence-electron chi connectivity index (χ2n) is 5.31. The molecule has 0 radical (unpaired) electrons. The molecule has 1 N–H and O–H groups in total. The van der Waals surface area contributed by atoms with Crippen LogP contribution in [0.5, 0.6) is 0 Å². The molecule has 126 valence electrons. The van der Waals surface area contributed by atoms with Crippen molar-refractivity contribution in [2.24, 2.45) is 0 Å². The summed E-state index contributed by atoms with van der Waals surface area (Å²) in [5, 5.41) is 4.78. The van der Waals surface area contributed by atoms with Gasteiger partial charge in [0.2, 0.25) is 0 Å². The highest BCUT2D eigenvalue weighted by molar-refractivity contribution is 7.80. The molecule has 1 aliphatic heterocycles. The topological polar surface area (TPSA) is 48.7 Å². The van der Waals surface area contributed by atoms with E-state index in [0.29, 0.717) is 52.8 Å². The Bertz CT molecular complexity index is 744. The lowest BCUT2D eigenvalue weighted by Gasteiger charge is -2.35. The third kappa shape index (κ3) is 3.83. The molecule has 8 heteroatoms. The summed E-state index contributed by atoms with van der Waals surface area (Å²) < 4.78 is 5.16. The lowest BCUT2D eigenvalue weighted by atomic mass is 10.3. The molecule has 1 amide bonds. The van der Waals surface area contributed by atoms with E-state index in [4.69, 9.17) is 39.8 Å². The highest BCUT2D eigenvalue weighted by Gasteiger charge is 2.24. The minimum atomic E-state index is -0.0979. The van der Waals surface area contributed by atoms with Gasteiger partial charge in [0.25, 0.3) is 5.91 Å². The molecular weight excluding hydrogens is 369 g/mol. The van der Waals surface area contributed by atoms with E-state index in [2.05, 4.69) is 5.32 Å². The van der Waals surface area contributed by atoms with Crippen molar-refractivity contribution in [3.8, 4) is 0 Å². The molecule has 24 heavy (non-hydrogen) atoms. The lowest BCUT2D eigenvalue weighted by Crippen LogP contribution is -2.51. The summed E-state index contributed by atoms with van der Waals surface area (Å²) in [5.74, 6) is 0.261. The molecule has 5 nitrogen and oxygen atoms in total. The third-order valence-corrected chi connectivity index (χ3v) is 4.67. The zero-order valence-corrected chi connectivity index (χ0v) is 15.0. The summed E-state index contributed by atoms with van der Waals surface area (Å²) in [4.78, 5) is 16.0. The van der Waals surface area contributed by atoms with Gasteiger partial charge in [0, 0.05) is 31.2 Å². The van der Waals surface area contributed by atoms with Gasteiger partial charge in [-0.2, -0.15) is 0 Å². The Balaban J connectivity index is 1.56. The zero-order valence-electron chi connectivity index (χ0n) is 12.7. The van der Waals surface area contributed by atoms with Crippen LogP contribution in [0.2, 0.25) is 10.0 Å². The first kappa shape index (κ1) is 17.1. The molecular formula is C16H15Cl2N3O2S. The van der Waals surface area contributed by atoms with Crippen LogP contribution in [-0.4, -0.2) is 47.0 Å². The molecule has 1 aromatic heterocycles. The quantitative estimate of drug-likeness (QED) is 0.800. The Kier molecular flexibility index (Phi) is 5.28. The van der Waals surface area contributed by atoms with Gasteiger partial charge in [-0.25, -0.2) is 0 Å². The van der Waals surface area contributed by atoms with E-state index in [-0.39, 0.29) is 5.91 Å². The number of amides is 1. The largest absolute Gasteiger partial charge is 0.459 e. The van der Waals surface area contributed by atoms with E-state index in [1.165, 1.54) is 6.26 Å². The monoisotopic (exact) mass is 383 g/mol. The molecule has 0 bridgehead atoms.